The second-order valence-corrected chi connectivity index (χ2v) is 3.83. The van der Waals surface area contributed by atoms with Gasteiger partial charge in [0.2, 0.25) is 0 Å². The van der Waals surface area contributed by atoms with E-state index < -0.39 is 0 Å². The molecule has 78 valence electrons. The molecular formula is C12H18O2. The van der Waals surface area contributed by atoms with Crippen LogP contribution in [0.25, 0.3) is 0 Å². The topological polar surface area (TPSA) is 29.5 Å². The quantitative estimate of drug-likeness (QED) is 0.780. The minimum atomic E-state index is 0.0896. The van der Waals surface area contributed by atoms with Crippen LogP contribution in [-0.4, -0.2) is 11.7 Å². The summed E-state index contributed by atoms with van der Waals surface area (Å²) in [6.07, 6.45) is 1.07. The molecular weight excluding hydrogens is 176 g/mol. The molecule has 0 heterocycles. The van der Waals surface area contributed by atoms with E-state index in [1.54, 1.807) is 0 Å². The molecule has 2 nitrogen and oxygen atoms in total. The Kier molecular flexibility index (Phi) is 4.47. The van der Waals surface area contributed by atoms with Gasteiger partial charge in [0, 0.05) is 0 Å². The first-order valence-corrected chi connectivity index (χ1v) is 5.05. The van der Waals surface area contributed by atoms with Gasteiger partial charge in [-0.25, -0.2) is 0 Å². The van der Waals surface area contributed by atoms with Crippen molar-refractivity contribution in [1.29, 1.82) is 0 Å². The molecule has 1 rings (SSSR count). The Hall–Kier alpha value is -1.02. The molecule has 0 saturated carbocycles. The summed E-state index contributed by atoms with van der Waals surface area (Å²) in [5.74, 6) is 1.55. The highest BCUT2D eigenvalue weighted by Crippen LogP contribution is 2.13. The van der Waals surface area contributed by atoms with E-state index in [1.807, 2.05) is 24.3 Å². The van der Waals surface area contributed by atoms with Crippen LogP contribution in [0.1, 0.15) is 25.8 Å². The molecule has 0 atom stereocenters. The molecule has 1 N–H and O–H groups in total. The molecule has 0 saturated heterocycles. The molecule has 0 aliphatic rings. The molecule has 0 aliphatic carbocycles. The largest absolute Gasteiger partial charge is 0.494 e. The molecule has 0 amide bonds. The molecule has 0 radical (unpaired) electrons. The predicted octanol–water partition coefficient (Wildman–Crippen LogP) is 2.60. The molecule has 0 fully saturated rings. The van der Waals surface area contributed by atoms with Crippen LogP contribution in [0.4, 0.5) is 0 Å². The Morgan fingerprint density at radius 1 is 1.21 bits per heavy atom. The summed E-state index contributed by atoms with van der Waals surface area (Å²) in [6, 6.07) is 7.55. The lowest BCUT2D eigenvalue weighted by Crippen LogP contribution is -2.01. The first kappa shape index (κ1) is 11.1. The Labute approximate surface area is 85.5 Å². The minimum Gasteiger partial charge on any atom is -0.494 e. The maximum atomic E-state index is 8.84. The van der Waals surface area contributed by atoms with E-state index in [9.17, 15) is 0 Å². The molecule has 0 spiro atoms. The van der Waals surface area contributed by atoms with E-state index in [-0.39, 0.29) is 6.61 Å². The maximum absolute atomic E-state index is 8.84. The van der Waals surface area contributed by atoms with Crippen LogP contribution in [-0.2, 0) is 6.61 Å². The van der Waals surface area contributed by atoms with Crippen molar-refractivity contribution in [2.24, 2.45) is 5.92 Å². The van der Waals surface area contributed by atoms with Crippen molar-refractivity contribution in [2.45, 2.75) is 26.9 Å². The van der Waals surface area contributed by atoms with Crippen molar-refractivity contribution in [1.82, 2.24) is 0 Å². The average molecular weight is 194 g/mol. The van der Waals surface area contributed by atoms with Crippen LogP contribution in [0.2, 0.25) is 0 Å². The summed E-state index contributed by atoms with van der Waals surface area (Å²) in [5.41, 5.74) is 0.918. The third-order valence-corrected chi connectivity index (χ3v) is 2.07. The van der Waals surface area contributed by atoms with Crippen LogP contribution in [0.15, 0.2) is 24.3 Å². The van der Waals surface area contributed by atoms with E-state index >= 15 is 0 Å². The molecule has 14 heavy (non-hydrogen) atoms. The van der Waals surface area contributed by atoms with E-state index in [2.05, 4.69) is 13.8 Å². The third kappa shape index (κ3) is 3.79. The highest BCUT2D eigenvalue weighted by Gasteiger charge is 1.96. The molecule has 2 heteroatoms. The van der Waals surface area contributed by atoms with Crippen molar-refractivity contribution in [3.63, 3.8) is 0 Å². The number of hydrogen-bond acceptors (Lipinski definition) is 2. The van der Waals surface area contributed by atoms with Gasteiger partial charge >= 0.3 is 0 Å². The molecule has 0 aliphatic heterocycles. The second-order valence-electron chi connectivity index (χ2n) is 3.83. The third-order valence-electron chi connectivity index (χ3n) is 2.07. The highest BCUT2D eigenvalue weighted by atomic mass is 16.5. The number of aliphatic hydroxyl groups excluding tert-OH is 1. The highest BCUT2D eigenvalue weighted by molar-refractivity contribution is 5.26. The minimum absolute atomic E-state index is 0.0896. The first-order chi connectivity index (χ1) is 6.72. The van der Waals surface area contributed by atoms with Crippen molar-refractivity contribution in [3.8, 4) is 5.75 Å². The fourth-order valence-corrected chi connectivity index (χ4v) is 1.10. The summed E-state index contributed by atoms with van der Waals surface area (Å²) < 4.78 is 5.53. The SMILES string of the molecule is CC(C)CCOc1ccc(CO)cc1. The van der Waals surface area contributed by atoms with Gasteiger partial charge in [-0.2, -0.15) is 0 Å². The number of benzene rings is 1. The summed E-state index contributed by atoms with van der Waals surface area (Å²) in [5, 5.41) is 8.84. The van der Waals surface area contributed by atoms with Gasteiger partial charge in [0.05, 0.1) is 13.2 Å². The van der Waals surface area contributed by atoms with E-state index in [0.717, 1.165) is 24.3 Å². The fraction of sp³-hybridized carbons (Fsp3) is 0.500. The molecule has 0 bridgehead atoms. The molecule has 0 unspecified atom stereocenters. The lowest BCUT2D eigenvalue weighted by molar-refractivity contribution is 0.279. The summed E-state index contributed by atoms with van der Waals surface area (Å²) in [7, 11) is 0. The van der Waals surface area contributed by atoms with Gasteiger partial charge in [0.25, 0.3) is 0 Å². The Morgan fingerprint density at radius 3 is 2.36 bits per heavy atom. The van der Waals surface area contributed by atoms with Gasteiger partial charge in [0.15, 0.2) is 0 Å². The molecule has 0 aromatic heterocycles. The maximum Gasteiger partial charge on any atom is 0.119 e. The lowest BCUT2D eigenvalue weighted by atomic mass is 10.1. The number of hydrogen-bond donors (Lipinski definition) is 1. The van der Waals surface area contributed by atoms with Gasteiger partial charge in [0.1, 0.15) is 5.75 Å². The van der Waals surface area contributed by atoms with Gasteiger partial charge < -0.3 is 9.84 Å². The predicted molar refractivity (Wildman–Crippen MR) is 57.3 cm³/mol. The zero-order valence-corrected chi connectivity index (χ0v) is 8.86. The van der Waals surface area contributed by atoms with Crippen LogP contribution in [0, 0.1) is 5.92 Å². The van der Waals surface area contributed by atoms with E-state index in [0.29, 0.717) is 5.92 Å². The van der Waals surface area contributed by atoms with Gasteiger partial charge in [-0.1, -0.05) is 26.0 Å². The van der Waals surface area contributed by atoms with Crippen LogP contribution >= 0.6 is 0 Å². The standard InChI is InChI=1S/C12H18O2/c1-10(2)7-8-14-12-5-3-11(9-13)4-6-12/h3-6,10,13H,7-9H2,1-2H3. The van der Waals surface area contributed by atoms with Crippen molar-refractivity contribution >= 4 is 0 Å². The lowest BCUT2D eigenvalue weighted by Gasteiger charge is -2.08. The fourth-order valence-electron chi connectivity index (χ4n) is 1.10. The molecule has 1 aromatic rings. The van der Waals surface area contributed by atoms with Crippen LogP contribution in [0.5, 0.6) is 5.75 Å². The van der Waals surface area contributed by atoms with E-state index in [4.69, 9.17) is 9.84 Å². The Balaban J connectivity index is 2.36. The summed E-state index contributed by atoms with van der Waals surface area (Å²) in [6.45, 7) is 5.21. The van der Waals surface area contributed by atoms with Crippen molar-refractivity contribution in [3.05, 3.63) is 29.8 Å². The van der Waals surface area contributed by atoms with Gasteiger partial charge in [-0.15, -0.1) is 0 Å². The van der Waals surface area contributed by atoms with Gasteiger partial charge in [-0.3, -0.25) is 0 Å². The number of aliphatic hydroxyl groups is 1. The summed E-state index contributed by atoms with van der Waals surface area (Å²) in [4.78, 5) is 0. The zero-order chi connectivity index (χ0) is 10.4. The monoisotopic (exact) mass is 194 g/mol. The molecule has 1 aromatic carbocycles. The smallest absolute Gasteiger partial charge is 0.119 e. The van der Waals surface area contributed by atoms with Crippen LogP contribution < -0.4 is 4.74 Å². The number of ether oxygens (including phenoxy) is 1. The average Bonchev–Trinajstić information content (AvgIpc) is 2.18. The first-order valence-electron chi connectivity index (χ1n) is 5.05. The summed E-state index contributed by atoms with van der Waals surface area (Å²) >= 11 is 0. The number of rotatable bonds is 5. The Morgan fingerprint density at radius 2 is 1.86 bits per heavy atom. The van der Waals surface area contributed by atoms with Gasteiger partial charge in [-0.05, 0) is 30.0 Å². The van der Waals surface area contributed by atoms with Crippen LogP contribution in [0.3, 0.4) is 0 Å². The van der Waals surface area contributed by atoms with Crippen molar-refractivity contribution in [2.75, 3.05) is 6.61 Å². The van der Waals surface area contributed by atoms with E-state index in [1.165, 1.54) is 0 Å². The Bertz CT molecular complexity index is 252. The normalized spacial score (nSPS) is 10.6. The zero-order valence-electron chi connectivity index (χ0n) is 8.86. The van der Waals surface area contributed by atoms with Crippen molar-refractivity contribution < 1.29 is 9.84 Å². The second kappa shape index (κ2) is 5.66.